The van der Waals surface area contributed by atoms with Crippen molar-refractivity contribution in [1.29, 1.82) is 0 Å². The SMILES string of the molecule is CCn1cc(C(=O)N2CCC[C@H]2C)c2ccc(Br)cc21. The van der Waals surface area contributed by atoms with E-state index in [1.807, 2.05) is 23.2 Å². The molecule has 2 aromatic rings. The Kier molecular flexibility index (Phi) is 3.59. The first-order valence-electron chi connectivity index (χ1n) is 7.21. The van der Waals surface area contributed by atoms with Crippen LogP contribution in [0.3, 0.4) is 0 Å². The Morgan fingerprint density at radius 3 is 2.90 bits per heavy atom. The average molecular weight is 335 g/mol. The minimum absolute atomic E-state index is 0.175. The van der Waals surface area contributed by atoms with E-state index in [4.69, 9.17) is 0 Å². The zero-order chi connectivity index (χ0) is 14.3. The average Bonchev–Trinajstić information content (AvgIpc) is 3.01. The van der Waals surface area contributed by atoms with Gasteiger partial charge in [-0.3, -0.25) is 4.79 Å². The van der Waals surface area contributed by atoms with Gasteiger partial charge in [0.25, 0.3) is 5.91 Å². The van der Waals surface area contributed by atoms with Crippen molar-refractivity contribution in [1.82, 2.24) is 9.47 Å². The Labute approximate surface area is 127 Å². The van der Waals surface area contributed by atoms with E-state index in [0.717, 1.165) is 46.9 Å². The molecule has 3 rings (SSSR count). The number of fused-ring (bicyclic) bond motifs is 1. The Morgan fingerprint density at radius 2 is 2.25 bits per heavy atom. The molecule has 106 valence electrons. The molecular formula is C16H19BrN2O. The van der Waals surface area contributed by atoms with Gasteiger partial charge in [0.2, 0.25) is 0 Å². The maximum atomic E-state index is 12.8. The number of carbonyl (C=O) groups excluding carboxylic acids is 1. The fourth-order valence-corrected chi connectivity index (χ4v) is 3.44. The largest absolute Gasteiger partial charge is 0.347 e. The summed E-state index contributed by atoms with van der Waals surface area (Å²) in [4.78, 5) is 14.8. The third-order valence-corrected chi connectivity index (χ3v) is 4.72. The maximum Gasteiger partial charge on any atom is 0.256 e. The monoisotopic (exact) mass is 334 g/mol. The molecule has 4 heteroatoms. The van der Waals surface area contributed by atoms with Crippen LogP contribution in [-0.2, 0) is 6.54 Å². The molecule has 0 spiro atoms. The lowest BCUT2D eigenvalue weighted by Crippen LogP contribution is -2.33. The second-order valence-corrected chi connectivity index (χ2v) is 6.40. The molecule has 0 aliphatic carbocycles. The smallest absolute Gasteiger partial charge is 0.256 e. The first kappa shape index (κ1) is 13.7. The standard InChI is InChI=1S/C16H19BrN2O/c1-3-18-10-14(13-7-6-12(17)9-15(13)18)16(20)19-8-4-5-11(19)2/h6-7,9-11H,3-5,8H2,1-2H3/t11-/m1/s1. The highest BCUT2D eigenvalue weighted by molar-refractivity contribution is 9.10. The van der Waals surface area contributed by atoms with Crippen LogP contribution >= 0.6 is 15.9 Å². The van der Waals surface area contributed by atoms with Gasteiger partial charge in [0, 0.05) is 40.7 Å². The van der Waals surface area contributed by atoms with Crippen LogP contribution in [0.2, 0.25) is 0 Å². The number of carbonyl (C=O) groups is 1. The van der Waals surface area contributed by atoms with Crippen molar-refractivity contribution in [3.05, 3.63) is 34.4 Å². The molecule has 0 N–H and O–H groups in total. The van der Waals surface area contributed by atoms with E-state index in [0.29, 0.717) is 6.04 Å². The molecule has 1 fully saturated rings. The number of halogens is 1. The van der Waals surface area contributed by atoms with Gasteiger partial charge in [0.15, 0.2) is 0 Å². The van der Waals surface area contributed by atoms with Gasteiger partial charge in [0.1, 0.15) is 0 Å². The van der Waals surface area contributed by atoms with Crippen molar-refractivity contribution in [2.75, 3.05) is 6.54 Å². The van der Waals surface area contributed by atoms with Gasteiger partial charge in [-0.15, -0.1) is 0 Å². The van der Waals surface area contributed by atoms with Gasteiger partial charge in [0.05, 0.1) is 5.56 Å². The number of benzene rings is 1. The molecule has 2 heterocycles. The fourth-order valence-electron chi connectivity index (χ4n) is 3.09. The minimum Gasteiger partial charge on any atom is -0.347 e. The number of amides is 1. The van der Waals surface area contributed by atoms with E-state index < -0.39 is 0 Å². The molecule has 0 saturated carbocycles. The number of aryl methyl sites for hydroxylation is 1. The topological polar surface area (TPSA) is 25.2 Å². The van der Waals surface area contributed by atoms with Crippen molar-refractivity contribution in [2.45, 2.75) is 39.3 Å². The van der Waals surface area contributed by atoms with Gasteiger partial charge < -0.3 is 9.47 Å². The lowest BCUT2D eigenvalue weighted by Gasteiger charge is -2.21. The highest BCUT2D eigenvalue weighted by Crippen LogP contribution is 2.28. The summed E-state index contributed by atoms with van der Waals surface area (Å²) in [6.07, 6.45) is 4.24. The molecule has 20 heavy (non-hydrogen) atoms. The first-order chi connectivity index (χ1) is 9.61. The highest BCUT2D eigenvalue weighted by atomic mass is 79.9. The lowest BCUT2D eigenvalue weighted by molar-refractivity contribution is 0.0749. The summed E-state index contributed by atoms with van der Waals surface area (Å²) in [5.74, 6) is 0.175. The first-order valence-corrected chi connectivity index (χ1v) is 8.00. The molecule has 1 aliphatic heterocycles. The molecule has 1 aromatic carbocycles. The van der Waals surface area contributed by atoms with E-state index in [1.54, 1.807) is 0 Å². The molecule has 1 aliphatic rings. The van der Waals surface area contributed by atoms with Crippen molar-refractivity contribution in [3.8, 4) is 0 Å². The normalized spacial score (nSPS) is 18.9. The molecule has 3 nitrogen and oxygen atoms in total. The zero-order valence-electron chi connectivity index (χ0n) is 11.9. The Bertz CT molecular complexity index is 662. The summed E-state index contributed by atoms with van der Waals surface area (Å²) in [6, 6.07) is 6.49. The second-order valence-electron chi connectivity index (χ2n) is 5.48. The summed E-state index contributed by atoms with van der Waals surface area (Å²) < 4.78 is 3.19. The van der Waals surface area contributed by atoms with Crippen LogP contribution < -0.4 is 0 Å². The van der Waals surface area contributed by atoms with E-state index in [-0.39, 0.29) is 5.91 Å². The van der Waals surface area contributed by atoms with E-state index in [9.17, 15) is 4.79 Å². The molecule has 1 atom stereocenters. The van der Waals surface area contributed by atoms with Crippen molar-refractivity contribution in [3.63, 3.8) is 0 Å². The summed E-state index contributed by atoms with van der Waals surface area (Å²) in [5, 5.41) is 1.05. The number of hydrogen-bond donors (Lipinski definition) is 0. The summed E-state index contributed by atoms with van der Waals surface area (Å²) in [7, 11) is 0. The fraction of sp³-hybridized carbons (Fsp3) is 0.438. The number of rotatable bonds is 2. The molecule has 0 bridgehead atoms. The predicted octanol–water partition coefficient (Wildman–Crippen LogP) is 4.05. The van der Waals surface area contributed by atoms with Crippen LogP contribution in [-0.4, -0.2) is 28.0 Å². The summed E-state index contributed by atoms with van der Waals surface area (Å²) in [5.41, 5.74) is 1.96. The predicted molar refractivity (Wildman–Crippen MR) is 85.0 cm³/mol. The van der Waals surface area contributed by atoms with Crippen molar-refractivity contribution in [2.24, 2.45) is 0 Å². The Hall–Kier alpha value is -1.29. The van der Waals surface area contributed by atoms with Gasteiger partial charge in [-0.25, -0.2) is 0 Å². The van der Waals surface area contributed by atoms with Gasteiger partial charge in [-0.05, 0) is 38.8 Å². The van der Waals surface area contributed by atoms with E-state index in [1.165, 1.54) is 0 Å². The van der Waals surface area contributed by atoms with Gasteiger partial charge in [-0.2, -0.15) is 0 Å². The number of nitrogens with zero attached hydrogens (tertiary/aromatic N) is 2. The number of likely N-dealkylation sites (tertiary alicyclic amines) is 1. The van der Waals surface area contributed by atoms with E-state index >= 15 is 0 Å². The van der Waals surface area contributed by atoms with Gasteiger partial charge in [-0.1, -0.05) is 22.0 Å². The quantitative estimate of drug-likeness (QED) is 0.813. The lowest BCUT2D eigenvalue weighted by atomic mass is 10.1. The van der Waals surface area contributed by atoms with Crippen molar-refractivity contribution < 1.29 is 4.79 Å². The molecular weight excluding hydrogens is 316 g/mol. The third-order valence-electron chi connectivity index (χ3n) is 4.23. The molecule has 0 unspecified atom stereocenters. The number of hydrogen-bond acceptors (Lipinski definition) is 1. The number of aromatic nitrogens is 1. The highest BCUT2D eigenvalue weighted by Gasteiger charge is 2.28. The van der Waals surface area contributed by atoms with Crippen LogP contribution in [0.4, 0.5) is 0 Å². The van der Waals surface area contributed by atoms with Gasteiger partial charge >= 0.3 is 0 Å². The Balaban J connectivity index is 2.09. The zero-order valence-corrected chi connectivity index (χ0v) is 13.5. The molecule has 1 saturated heterocycles. The van der Waals surface area contributed by atoms with Crippen LogP contribution in [0.1, 0.15) is 37.0 Å². The third kappa shape index (κ3) is 2.16. The van der Waals surface area contributed by atoms with Crippen LogP contribution in [0.5, 0.6) is 0 Å². The van der Waals surface area contributed by atoms with Crippen LogP contribution in [0.15, 0.2) is 28.9 Å². The van der Waals surface area contributed by atoms with Crippen LogP contribution in [0, 0.1) is 0 Å². The Morgan fingerprint density at radius 1 is 1.45 bits per heavy atom. The second kappa shape index (κ2) is 5.24. The molecule has 0 radical (unpaired) electrons. The summed E-state index contributed by atoms with van der Waals surface area (Å²) in [6.45, 7) is 6.00. The minimum atomic E-state index is 0.175. The molecule has 1 amide bonds. The van der Waals surface area contributed by atoms with Crippen LogP contribution in [0.25, 0.3) is 10.9 Å². The molecule has 1 aromatic heterocycles. The maximum absolute atomic E-state index is 12.8. The van der Waals surface area contributed by atoms with Crippen molar-refractivity contribution >= 4 is 32.7 Å². The van der Waals surface area contributed by atoms with E-state index in [2.05, 4.69) is 40.4 Å². The summed E-state index contributed by atoms with van der Waals surface area (Å²) >= 11 is 3.51.